The van der Waals surface area contributed by atoms with Gasteiger partial charge in [-0.3, -0.25) is 4.79 Å². The van der Waals surface area contributed by atoms with Crippen molar-refractivity contribution in [2.75, 3.05) is 14.2 Å². The van der Waals surface area contributed by atoms with Crippen molar-refractivity contribution in [1.29, 1.82) is 0 Å². The molecular weight excluding hydrogens is 222 g/mol. The van der Waals surface area contributed by atoms with E-state index in [4.69, 9.17) is 4.74 Å². The van der Waals surface area contributed by atoms with E-state index in [1.807, 2.05) is 18.2 Å². The van der Waals surface area contributed by atoms with Crippen LogP contribution in [-0.2, 0) is 14.3 Å². The van der Waals surface area contributed by atoms with Gasteiger partial charge in [0.15, 0.2) is 0 Å². The Labute approximate surface area is 99.7 Å². The van der Waals surface area contributed by atoms with Gasteiger partial charge in [0.05, 0.1) is 20.3 Å². The number of esters is 1. The molecule has 0 aliphatic carbocycles. The number of hydrogen-bond donors (Lipinski definition) is 1. The van der Waals surface area contributed by atoms with E-state index >= 15 is 0 Å². The maximum atomic E-state index is 11.3. The molecule has 0 saturated heterocycles. The Kier molecular flexibility index (Phi) is 4.51. The Balaban J connectivity index is 2.79. The van der Waals surface area contributed by atoms with Crippen molar-refractivity contribution in [3.63, 3.8) is 0 Å². The predicted octanol–water partition coefficient (Wildman–Crippen LogP) is 1.05. The summed E-state index contributed by atoms with van der Waals surface area (Å²) in [6.07, 6.45) is 0. The van der Waals surface area contributed by atoms with Gasteiger partial charge in [-0.2, -0.15) is 0 Å². The highest BCUT2D eigenvalue weighted by atomic mass is 16.5. The number of methoxy groups -OCH3 is 2. The van der Waals surface area contributed by atoms with Gasteiger partial charge in [0, 0.05) is 5.56 Å². The fourth-order valence-electron chi connectivity index (χ4n) is 1.45. The van der Waals surface area contributed by atoms with Gasteiger partial charge < -0.3 is 14.8 Å². The second-order valence-corrected chi connectivity index (χ2v) is 3.43. The highest BCUT2D eigenvalue weighted by Gasteiger charge is 2.18. The molecule has 1 aromatic rings. The Bertz CT molecular complexity index is 417. The summed E-state index contributed by atoms with van der Waals surface area (Å²) in [5.74, 6) is -1.03. The maximum Gasteiger partial charge on any atom is 0.396 e. The van der Waals surface area contributed by atoms with Gasteiger partial charge in [0.2, 0.25) is 0 Å². The maximum absolute atomic E-state index is 11.3. The zero-order valence-electron chi connectivity index (χ0n) is 10.0. The molecule has 1 unspecified atom stereocenters. The Morgan fingerprint density at radius 1 is 1.24 bits per heavy atom. The fraction of sp³-hybridized carbons (Fsp3) is 0.333. The van der Waals surface area contributed by atoms with Crippen molar-refractivity contribution in [2.24, 2.45) is 0 Å². The lowest BCUT2D eigenvalue weighted by molar-refractivity contribution is -0.153. The number of nitrogens with one attached hydrogen (secondary N) is 1. The second-order valence-electron chi connectivity index (χ2n) is 3.43. The molecule has 5 nitrogen and oxygen atoms in total. The summed E-state index contributed by atoms with van der Waals surface area (Å²) in [6, 6.07) is 6.94. The van der Waals surface area contributed by atoms with Crippen LogP contribution in [0.2, 0.25) is 0 Å². The number of benzene rings is 1. The molecular formula is C12H15NO4. The van der Waals surface area contributed by atoms with Gasteiger partial charge in [0.1, 0.15) is 5.75 Å². The molecule has 0 radical (unpaired) electrons. The first kappa shape index (κ1) is 13.0. The van der Waals surface area contributed by atoms with E-state index in [-0.39, 0.29) is 6.04 Å². The number of rotatable bonds is 3. The van der Waals surface area contributed by atoms with Crippen LogP contribution in [0, 0.1) is 0 Å². The Hall–Kier alpha value is -2.04. The Morgan fingerprint density at radius 2 is 1.88 bits per heavy atom. The van der Waals surface area contributed by atoms with Crippen LogP contribution in [-0.4, -0.2) is 26.1 Å². The van der Waals surface area contributed by atoms with E-state index in [9.17, 15) is 9.59 Å². The molecule has 0 bridgehead atoms. The van der Waals surface area contributed by atoms with Crippen molar-refractivity contribution in [2.45, 2.75) is 13.0 Å². The zero-order valence-corrected chi connectivity index (χ0v) is 10.0. The van der Waals surface area contributed by atoms with E-state index in [0.717, 1.165) is 12.7 Å². The molecule has 92 valence electrons. The van der Waals surface area contributed by atoms with E-state index in [1.165, 1.54) is 0 Å². The number of carbonyl (C=O) groups excluding carboxylic acids is 2. The van der Waals surface area contributed by atoms with Gasteiger partial charge in [-0.25, -0.2) is 4.79 Å². The smallest absolute Gasteiger partial charge is 0.396 e. The van der Waals surface area contributed by atoms with E-state index in [2.05, 4.69) is 10.1 Å². The highest BCUT2D eigenvalue weighted by Crippen LogP contribution is 2.24. The molecule has 0 heterocycles. The molecule has 17 heavy (non-hydrogen) atoms. The van der Waals surface area contributed by atoms with Crippen LogP contribution in [0.4, 0.5) is 0 Å². The lowest BCUT2D eigenvalue weighted by atomic mass is 10.1. The third-order valence-electron chi connectivity index (χ3n) is 2.32. The Morgan fingerprint density at radius 3 is 2.47 bits per heavy atom. The molecule has 0 aliphatic rings. The average molecular weight is 237 g/mol. The van der Waals surface area contributed by atoms with Crippen LogP contribution in [0.1, 0.15) is 18.5 Å². The lowest BCUT2D eigenvalue weighted by Crippen LogP contribution is -2.33. The molecule has 0 aromatic heterocycles. The minimum atomic E-state index is -0.910. The summed E-state index contributed by atoms with van der Waals surface area (Å²) in [4.78, 5) is 22.3. The normalized spacial score (nSPS) is 11.5. The molecule has 1 N–H and O–H groups in total. The van der Waals surface area contributed by atoms with E-state index in [1.54, 1.807) is 20.1 Å². The lowest BCUT2D eigenvalue weighted by Gasteiger charge is -2.16. The van der Waals surface area contributed by atoms with Crippen molar-refractivity contribution in [3.05, 3.63) is 29.8 Å². The van der Waals surface area contributed by atoms with Crippen molar-refractivity contribution >= 4 is 11.9 Å². The van der Waals surface area contributed by atoms with Gasteiger partial charge in [-0.05, 0) is 13.0 Å². The number of amides is 1. The number of para-hydroxylation sites is 1. The van der Waals surface area contributed by atoms with Crippen molar-refractivity contribution < 1.29 is 19.1 Å². The van der Waals surface area contributed by atoms with Crippen LogP contribution in [0.5, 0.6) is 5.75 Å². The number of ether oxygens (including phenoxy) is 2. The quantitative estimate of drug-likeness (QED) is 0.630. The summed E-state index contributed by atoms with van der Waals surface area (Å²) in [5, 5.41) is 2.53. The van der Waals surface area contributed by atoms with Crippen LogP contribution in [0.15, 0.2) is 24.3 Å². The monoisotopic (exact) mass is 237 g/mol. The standard InChI is InChI=1S/C12H15NO4/c1-8(13-11(14)12(15)17-3)9-6-4-5-7-10(9)16-2/h4-8H,1-3H3,(H,13,14). The molecule has 0 fully saturated rings. The third kappa shape index (κ3) is 3.21. The first-order chi connectivity index (χ1) is 8.10. The summed E-state index contributed by atoms with van der Waals surface area (Å²) in [6.45, 7) is 1.76. The van der Waals surface area contributed by atoms with E-state index in [0.29, 0.717) is 5.75 Å². The molecule has 1 rings (SSSR count). The van der Waals surface area contributed by atoms with Gasteiger partial charge in [0.25, 0.3) is 0 Å². The minimum absolute atomic E-state index is 0.335. The van der Waals surface area contributed by atoms with Crippen molar-refractivity contribution in [1.82, 2.24) is 5.32 Å². The molecule has 1 amide bonds. The topological polar surface area (TPSA) is 64.6 Å². The SMILES string of the molecule is COC(=O)C(=O)NC(C)c1ccccc1OC. The highest BCUT2D eigenvalue weighted by molar-refractivity contribution is 6.32. The number of carbonyl (C=O) groups is 2. The fourth-order valence-corrected chi connectivity index (χ4v) is 1.45. The first-order valence-corrected chi connectivity index (χ1v) is 5.12. The average Bonchev–Trinajstić information content (AvgIpc) is 2.37. The summed E-state index contributed by atoms with van der Waals surface area (Å²) in [7, 11) is 2.71. The molecule has 1 aromatic carbocycles. The summed E-state index contributed by atoms with van der Waals surface area (Å²) < 4.78 is 9.49. The third-order valence-corrected chi connectivity index (χ3v) is 2.32. The van der Waals surface area contributed by atoms with Gasteiger partial charge in [-0.1, -0.05) is 18.2 Å². The first-order valence-electron chi connectivity index (χ1n) is 5.12. The molecule has 0 spiro atoms. The van der Waals surface area contributed by atoms with E-state index < -0.39 is 11.9 Å². The van der Waals surface area contributed by atoms with Crippen LogP contribution >= 0.6 is 0 Å². The van der Waals surface area contributed by atoms with Gasteiger partial charge in [-0.15, -0.1) is 0 Å². The number of hydrogen-bond acceptors (Lipinski definition) is 4. The molecule has 0 aliphatic heterocycles. The predicted molar refractivity (Wildman–Crippen MR) is 61.6 cm³/mol. The summed E-state index contributed by atoms with van der Waals surface area (Å²) in [5.41, 5.74) is 0.798. The summed E-state index contributed by atoms with van der Waals surface area (Å²) >= 11 is 0. The minimum Gasteiger partial charge on any atom is -0.496 e. The molecule has 0 saturated carbocycles. The van der Waals surface area contributed by atoms with Gasteiger partial charge >= 0.3 is 11.9 Å². The van der Waals surface area contributed by atoms with Crippen LogP contribution < -0.4 is 10.1 Å². The molecule has 5 heteroatoms. The zero-order chi connectivity index (χ0) is 12.8. The van der Waals surface area contributed by atoms with Crippen molar-refractivity contribution in [3.8, 4) is 5.75 Å². The van der Waals surface area contributed by atoms with Crippen LogP contribution in [0.3, 0.4) is 0 Å². The second kappa shape index (κ2) is 5.89. The largest absolute Gasteiger partial charge is 0.496 e. The van der Waals surface area contributed by atoms with Crippen LogP contribution in [0.25, 0.3) is 0 Å². The molecule has 1 atom stereocenters.